The molecule has 1 spiro atoms. The van der Waals surface area contributed by atoms with Crippen molar-refractivity contribution >= 4 is 6.09 Å². The van der Waals surface area contributed by atoms with Gasteiger partial charge in [0.15, 0.2) is 0 Å². The van der Waals surface area contributed by atoms with Crippen molar-refractivity contribution in [3.05, 3.63) is 34.2 Å². The molecule has 1 aromatic heterocycles. The molecule has 0 aromatic carbocycles. The van der Waals surface area contributed by atoms with Gasteiger partial charge in [0.05, 0.1) is 0 Å². The minimum Gasteiger partial charge on any atom is -0.465 e. The van der Waals surface area contributed by atoms with E-state index < -0.39 is 6.09 Å². The van der Waals surface area contributed by atoms with E-state index in [1.807, 2.05) is 6.07 Å². The Morgan fingerprint density at radius 1 is 1.25 bits per heavy atom. The molecule has 0 unspecified atom stereocenters. The quantitative estimate of drug-likeness (QED) is 0.870. The first kappa shape index (κ1) is 15.7. The van der Waals surface area contributed by atoms with Gasteiger partial charge in [-0.1, -0.05) is 0 Å². The van der Waals surface area contributed by atoms with E-state index in [4.69, 9.17) is 5.11 Å². The van der Waals surface area contributed by atoms with E-state index >= 15 is 0 Å². The van der Waals surface area contributed by atoms with E-state index in [1.165, 1.54) is 0 Å². The number of amides is 1. The van der Waals surface area contributed by atoms with Crippen LogP contribution in [0.5, 0.6) is 0 Å². The van der Waals surface area contributed by atoms with Crippen molar-refractivity contribution < 1.29 is 9.90 Å². The molecule has 0 radical (unpaired) electrons. The van der Waals surface area contributed by atoms with Gasteiger partial charge in [-0.15, -0.1) is 0 Å². The predicted octanol–water partition coefficient (Wildman–Crippen LogP) is 2.09. The molecule has 0 bridgehead atoms. The van der Waals surface area contributed by atoms with Gasteiger partial charge in [0.1, 0.15) is 0 Å². The van der Waals surface area contributed by atoms with Crippen molar-refractivity contribution in [2.45, 2.75) is 44.1 Å². The Morgan fingerprint density at radius 3 is 2.62 bits per heavy atom. The zero-order valence-corrected chi connectivity index (χ0v) is 13.9. The summed E-state index contributed by atoms with van der Waals surface area (Å²) in [5.41, 5.74) is 1.41. The normalized spacial score (nSPS) is 31.3. The molecule has 2 N–H and O–H groups in total. The van der Waals surface area contributed by atoms with Crippen molar-refractivity contribution in [1.82, 2.24) is 14.8 Å². The summed E-state index contributed by atoms with van der Waals surface area (Å²) < 4.78 is 0. The fourth-order valence-corrected chi connectivity index (χ4v) is 4.94. The molecule has 1 saturated carbocycles. The minimum absolute atomic E-state index is 0.0138. The molecule has 3 aliphatic rings. The SMILES string of the molecule is O=C(O)N1CCC2(CC(N3CCC(c4cc[nH]c(=O)c4)CC3)C2)C1. The van der Waals surface area contributed by atoms with E-state index in [-0.39, 0.29) is 11.0 Å². The second-order valence-electron chi connectivity index (χ2n) is 7.81. The Morgan fingerprint density at radius 2 is 2.00 bits per heavy atom. The van der Waals surface area contributed by atoms with Gasteiger partial charge in [0, 0.05) is 31.4 Å². The first-order chi connectivity index (χ1) is 11.5. The van der Waals surface area contributed by atoms with Crippen molar-refractivity contribution in [2.75, 3.05) is 26.2 Å². The Kier molecular flexibility index (Phi) is 3.87. The molecule has 2 saturated heterocycles. The number of aromatic amines is 1. The number of carboxylic acid groups (broad SMARTS) is 1. The first-order valence-electron chi connectivity index (χ1n) is 8.95. The molecule has 3 heterocycles. The van der Waals surface area contributed by atoms with E-state index in [0.29, 0.717) is 18.5 Å². The van der Waals surface area contributed by atoms with E-state index in [0.717, 1.165) is 57.3 Å². The average molecular weight is 331 g/mol. The van der Waals surface area contributed by atoms with Crippen LogP contribution in [0.1, 0.15) is 43.6 Å². The zero-order chi connectivity index (χ0) is 16.7. The van der Waals surface area contributed by atoms with Gasteiger partial charge in [0.2, 0.25) is 5.56 Å². The Labute approximate surface area is 141 Å². The number of likely N-dealkylation sites (tertiary alicyclic amines) is 2. The van der Waals surface area contributed by atoms with E-state index in [9.17, 15) is 9.59 Å². The van der Waals surface area contributed by atoms with Crippen molar-refractivity contribution in [1.29, 1.82) is 0 Å². The number of nitrogens with zero attached hydrogens (tertiary/aromatic N) is 2. The number of carbonyl (C=O) groups is 1. The molecule has 2 aliphatic heterocycles. The Balaban J connectivity index is 1.29. The number of pyridine rings is 1. The highest BCUT2D eigenvalue weighted by Gasteiger charge is 2.51. The molecule has 1 amide bonds. The maximum Gasteiger partial charge on any atom is 0.407 e. The summed E-state index contributed by atoms with van der Waals surface area (Å²) in [5, 5.41) is 9.13. The summed E-state index contributed by atoms with van der Waals surface area (Å²) in [5.74, 6) is 0.492. The summed E-state index contributed by atoms with van der Waals surface area (Å²) in [6.07, 6.45) is 6.50. The number of piperidine rings is 1. The van der Waals surface area contributed by atoms with Gasteiger partial charge >= 0.3 is 6.09 Å². The third-order valence-corrected chi connectivity index (χ3v) is 6.36. The lowest BCUT2D eigenvalue weighted by molar-refractivity contribution is -0.00385. The van der Waals surface area contributed by atoms with Gasteiger partial charge in [0.25, 0.3) is 0 Å². The smallest absolute Gasteiger partial charge is 0.407 e. The van der Waals surface area contributed by atoms with Gasteiger partial charge in [-0.25, -0.2) is 4.79 Å². The van der Waals surface area contributed by atoms with Crippen molar-refractivity contribution in [2.24, 2.45) is 5.41 Å². The van der Waals surface area contributed by atoms with Crippen LogP contribution in [0.15, 0.2) is 23.1 Å². The topological polar surface area (TPSA) is 76.6 Å². The zero-order valence-electron chi connectivity index (χ0n) is 13.9. The highest BCUT2D eigenvalue weighted by atomic mass is 16.4. The molecule has 24 heavy (non-hydrogen) atoms. The van der Waals surface area contributed by atoms with Gasteiger partial charge in [-0.3, -0.25) is 4.79 Å². The predicted molar refractivity (Wildman–Crippen MR) is 90.3 cm³/mol. The van der Waals surface area contributed by atoms with Gasteiger partial charge < -0.3 is 19.9 Å². The molecule has 1 aromatic rings. The molecule has 1 aliphatic carbocycles. The largest absolute Gasteiger partial charge is 0.465 e. The number of aromatic nitrogens is 1. The van der Waals surface area contributed by atoms with Crippen LogP contribution in [0.2, 0.25) is 0 Å². The van der Waals surface area contributed by atoms with E-state index in [2.05, 4.69) is 9.88 Å². The summed E-state index contributed by atoms with van der Waals surface area (Å²) in [6, 6.07) is 4.38. The number of nitrogens with one attached hydrogen (secondary N) is 1. The highest BCUT2D eigenvalue weighted by molar-refractivity contribution is 5.65. The fourth-order valence-electron chi connectivity index (χ4n) is 4.94. The number of hydrogen-bond acceptors (Lipinski definition) is 3. The van der Waals surface area contributed by atoms with E-state index in [1.54, 1.807) is 17.2 Å². The third kappa shape index (κ3) is 2.83. The lowest BCUT2D eigenvalue weighted by Gasteiger charge is -2.51. The Bertz CT molecular complexity index is 672. The lowest BCUT2D eigenvalue weighted by Crippen LogP contribution is -2.54. The summed E-state index contributed by atoms with van der Waals surface area (Å²) in [7, 11) is 0. The Hall–Kier alpha value is -1.82. The van der Waals surface area contributed by atoms with Crippen LogP contribution in [-0.2, 0) is 0 Å². The van der Waals surface area contributed by atoms with Gasteiger partial charge in [-0.2, -0.15) is 0 Å². The molecular weight excluding hydrogens is 306 g/mol. The molecule has 6 heteroatoms. The second-order valence-corrected chi connectivity index (χ2v) is 7.81. The average Bonchev–Trinajstić information content (AvgIpc) is 3.00. The standard InChI is InChI=1S/C18H25N3O3/c22-16-9-14(1-5-19-16)13-2-6-20(7-3-13)15-10-18(11-15)4-8-21(12-18)17(23)24/h1,5,9,13,15H,2-4,6-8,10-12H2,(H,19,22)(H,23,24). The van der Waals surface area contributed by atoms with Crippen LogP contribution in [0.3, 0.4) is 0 Å². The number of rotatable bonds is 2. The molecule has 4 rings (SSSR count). The lowest BCUT2D eigenvalue weighted by atomic mass is 9.64. The van der Waals surface area contributed by atoms with Crippen LogP contribution in [0.4, 0.5) is 4.79 Å². The van der Waals surface area contributed by atoms with Crippen LogP contribution in [0, 0.1) is 5.41 Å². The molecule has 0 atom stereocenters. The molecule has 130 valence electrons. The van der Waals surface area contributed by atoms with Crippen LogP contribution in [-0.4, -0.2) is 58.2 Å². The first-order valence-corrected chi connectivity index (χ1v) is 8.95. The van der Waals surface area contributed by atoms with Crippen LogP contribution < -0.4 is 5.56 Å². The highest BCUT2D eigenvalue weighted by Crippen LogP contribution is 2.50. The summed E-state index contributed by atoms with van der Waals surface area (Å²) >= 11 is 0. The third-order valence-electron chi connectivity index (χ3n) is 6.36. The maximum absolute atomic E-state index is 11.5. The van der Waals surface area contributed by atoms with Crippen molar-refractivity contribution in [3.63, 3.8) is 0 Å². The monoisotopic (exact) mass is 331 g/mol. The molecular formula is C18H25N3O3. The maximum atomic E-state index is 11.5. The van der Waals surface area contributed by atoms with Gasteiger partial charge in [-0.05, 0) is 68.2 Å². The molecule has 6 nitrogen and oxygen atoms in total. The number of hydrogen-bond donors (Lipinski definition) is 2. The van der Waals surface area contributed by atoms with Crippen LogP contribution >= 0.6 is 0 Å². The van der Waals surface area contributed by atoms with Crippen molar-refractivity contribution in [3.8, 4) is 0 Å². The summed E-state index contributed by atoms with van der Waals surface area (Å²) in [6.45, 7) is 3.59. The minimum atomic E-state index is -0.769. The fraction of sp³-hybridized carbons (Fsp3) is 0.667. The number of H-pyrrole nitrogens is 1. The molecule has 3 fully saturated rings. The van der Waals surface area contributed by atoms with Crippen LogP contribution in [0.25, 0.3) is 0 Å². The summed E-state index contributed by atoms with van der Waals surface area (Å²) in [4.78, 5) is 29.4. The second kappa shape index (κ2) is 5.92.